The van der Waals surface area contributed by atoms with Crippen LogP contribution in [0, 0.1) is 5.92 Å². The number of alkyl halides is 3. The van der Waals surface area contributed by atoms with Gasteiger partial charge < -0.3 is 10.1 Å². The quantitative estimate of drug-likeness (QED) is 0.817. The van der Waals surface area contributed by atoms with Crippen LogP contribution in [0.15, 0.2) is 36.8 Å². The first kappa shape index (κ1) is 18.4. The van der Waals surface area contributed by atoms with E-state index in [-0.39, 0.29) is 22.0 Å². The number of carbonyl (C=O) groups is 1. The maximum Gasteiger partial charge on any atom is 0.412 e. The molecule has 0 saturated heterocycles. The molecule has 5 nitrogen and oxygen atoms in total. The SMILES string of the molecule is O=C(NC(c1cccnc1)C(F)(F)F)c1cc(OCC2CC2)c(Cl)cn1. The number of nitrogens with zero attached hydrogens (tertiary/aromatic N) is 2. The van der Waals surface area contributed by atoms with Gasteiger partial charge in [-0.2, -0.15) is 13.2 Å². The molecule has 0 aromatic carbocycles. The Hall–Kier alpha value is -2.35. The predicted molar refractivity (Wildman–Crippen MR) is 88.0 cm³/mol. The summed E-state index contributed by atoms with van der Waals surface area (Å²) in [6, 6.07) is 1.66. The molecule has 2 heterocycles. The lowest BCUT2D eigenvalue weighted by Gasteiger charge is -2.21. The van der Waals surface area contributed by atoms with Crippen molar-refractivity contribution in [3.63, 3.8) is 0 Å². The number of rotatable bonds is 6. The highest BCUT2D eigenvalue weighted by Crippen LogP contribution is 2.33. The Morgan fingerprint density at radius 3 is 2.77 bits per heavy atom. The summed E-state index contributed by atoms with van der Waals surface area (Å²) in [7, 11) is 0. The van der Waals surface area contributed by atoms with E-state index in [2.05, 4.69) is 9.97 Å². The van der Waals surface area contributed by atoms with Crippen molar-refractivity contribution in [2.45, 2.75) is 25.1 Å². The summed E-state index contributed by atoms with van der Waals surface area (Å²) in [5.41, 5.74) is -0.383. The summed E-state index contributed by atoms with van der Waals surface area (Å²) in [5, 5.41) is 2.14. The number of pyridine rings is 2. The molecule has 0 radical (unpaired) electrons. The van der Waals surface area contributed by atoms with Crippen LogP contribution in [-0.4, -0.2) is 28.7 Å². The number of amides is 1. The van der Waals surface area contributed by atoms with Gasteiger partial charge in [0, 0.05) is 24.0 Å². The molecule has 0 spiro atoms. The van der Waals surface area contributed by atoms with E-state index in [1.54, 1.807) is 0 Å². The molecule has 3 rings (SSSR count). The first-order valence-corrected chi connectivity index (χ1v) is 8.28. The maximum absolute atomic E-state index is 13.3. The third kappa shape index (κ3) is 4.63. The summed E-state index contributed by atoms with van der Waals surface area (Å²) in [6.07, 6.45) is 1.03. The molecule has 0 aliphatic heterocycles. The molecule has 138 valence electrons. The minimum Gasteiger partial charge on any atom is -0.492 e. The van der Waals surface area contributed by atoms with Crippen molar-refractivity contribution in [1.82, 2.24) is 15.3 Å². The van der Waals surface area contributed by atoms with Gasteiger partial charge in [-0.15, -0.1) is 0 Å². The Balaban J connectivity index is 1.77. The van der Waals surface area contributed by atoms with Gasteiger partial charge in [0.25, 0.3) is 5.91 Å². The summed E-state index contributed by atoms with van der Waals surface area (Å²) in [6.45, 7) is 0.450. The topological polar surface area (TPSA) is 64.1 Å². The Morgan fingerprint density at radius 1 is 1.38 bits per heavy atom. The highest BCUT2D eigenvalue weighted by atomic mass is 35.5. The van der Waals surface area contributed by atoms with Gasteiger partial charge in [0.1, 0.15) is 16.5 Å². The summed E-state index contributed by atoms with van der Waals surface area (Å²) in [4.78, 5) is 19.8. The van der Waals surface area contributed by atoms with Gasteiger partial charge in [0.2, 0.25) is 0 Å². The Kier molecular flexibility index (Phi) is 5.31. The molecule has 1 fully saturated rings. The summed E-state index contributed by atoms with van der Waals surface area (Å²) >= 11 is 5.97. The van der Waals surface area contributed by atoms with Crippen LogP contribution in [-0.2, 0) is 0 Å². The van der Waals surface area contributed by atoms with Gasteiger partial charge in [-0.1, -0.05) is 17.7 Å². The van der Waals surface area contributed by atoms with Gasteiger partial charge in [0.05, 0.1) is 12.8 Å². The van der Waals surface area contributed by atoms with Crippen molar-refractivity contribution >= 4 is 17.5 Å². The molecule has 1 unspecified atom stereocenters. The lowest BCUT2D eigenvalue weighted by atomic mass is 10.1. The molecule has 1 atom stereocenters. The zero-order valence-corrected chi connectivity index (χ0v) is 14.2. The van der Waals surface area contributed by atoms with E-state index in [4.69, 9.17) is 16.3 Å². The monoisotopic (exact) mass is 385 g/mol. The number of halogens is 4. The minimum absolute atomic E-state index is 0.174. The Bertz CT molecular complexity index is 783. The molecule has 9 heteroatoms. The second kappa shape index (κ2) is 7.49. The largest absolute Gasteiger partial charge is 0.492 e. The third-order valence-corrected chi connectivity index (χ3v) is 4.13. The second-order valence-electron chi connectivity index (χ2n) is 5.99. The molecule has 1 N–H and O–H groups in total. The van der Waals surface area contributed by atoms with E-state index in [0.717, 1.165) is 19.0 Å². The van der Waals surface area contributed by atoms with Gasteiger partial charge in [-0.05, 0) is 24.8 Å². The second-order valence-corrected chi connectivity index (χ2v) is 6.40. The van der Waals surface area contributed by atoms with Crippen LogP contribution in [0.1, 0.15) is 34.9 Å². The van der Waals surface area contributed by atoms with E-state index in [1.807, 2.05) is 5.32 Å². The lowest BCUT2D eigenvalue weighted by molar-refractivity contribution is -0.155. The Morgan fingerprint density at radius 2 is 2.15 bits per heavy atom. The molecular weight excluding hydrogens is 371 g/mol. The standard InChI is InChI=1S/C17H15ClF3N3O2/c18-12-8-23-13(6-14(12)26-9-10-3-4-10)16(25)24-15(17(19,20)21)11-2-1-5-22-7-11/h1-2,5-8,10,15H,3-4,9H2,(H,24,25). The fraction of sp³-hybridized carbons (Fsp3) is 0.353. The lowest BCUT2D eigenvalue weighted by Crippen LogP contribution is -2.38. The van der Waals surface area contributed by atoms with Gasteiger partial charge in [0.15, 0.2) is 6.04 Å². The molecule has 26 heavy (non-hydrogen) atoms. The number of ether oxygens (including phenoxy) is 1. The smallest absolute Gasteiger partial charge is 0.412 e. The third-order valence-electron chi connectivity index (χ3n) is 3.84. The maximum atomic E-state index is 13.3. The van der Waals surface area contributed by atoms with Crippen LogP contribution in [0.25, 0.3) is 0 Å². The molecule has 0 bridgehead atoms. The molecule has 2 aromatic rings. The van der Waals surface area contributed by atoms with Crippen LogP contribution in [0.2, 0.25) is 5.02 Å². The van der Waals surface area contributed by atoms with Crippen molar-refractivity contribution in [2.24, 2.45) is 5.92 Å². The number of hydrogen-bond acceptors (Lipinski definition) is 4. The molecule has 1 saturated carbocycles. The highest BCUT2D eigenvalue weighted by molar-refractivity contribution is 6.32. The van der Waals surface area contributed by atoms with Crippen LogP contribution >= 0.6 is 11.6 Å². The average Bonchev–Trinajstić information content (AvgIpc) is 3.43. The fourth-order valence-electron chi connectivity index (χ4n) is 2.25. The fourth-order valence-corrected chi connectivity index (χ4v) is 2.41. The average molecular weight is 386 g/mol. The zero-order valence-electron chi connectivity index (χ0n) is 13.5. The number of aromatic nitrogens is 2. The van der Waals surface area contributed by atoms with Crippen molar-refractivity contribution in [3.8, 4) is 5.75 Å². The Labute approximate surface area is 152 Å². The molecule has 2 aromatic heterocycles. The van der Waals surface area contributed by atoms with E-state index in [0.29, 0.717) is 12.5 Å². The van der Waals surface area contributed by atoms with E-state index >= 15 is 0 Å². The van der Waals surface area contributed by atoms with E-state index in [9.17, 15) is 18.0 Å². The molecule has 1 amide bonds. The number of hydrogen-bond donors (Lipinski definition) is 1. The van der Waals surface area contributed by atoms with E-state index < -0.39 is 18.1 Å². The summed E-state index contributed by atoms with van der Waals surface area (Å²) in [5.74, 6) is -0.301. The van der Waals surface area contributed by atoms with E-state index in [1.165, 1.54) is 30.6 Å². The predicted octanol–water partition coefficient (Wildman–Crippen LogP) is 3.95. The molecular formula is C17H15ClF3N3O2. The molecule has 1 aliphatic carbocycles. The van der Waals surface area contributed by atoms with Crippen molar-refractivity contribution < 1.29 is 22.7 Å². The number of nitrogens with one attached hydrogen (secondary N) is 1. The van der Waals surface area contributed by atoms with Gasteiger partial charge in [-0.3, -0.25) is 9.78 Å². The first-order valence-electron chi connectivity index (χ1n) is 7.90. The molecule has 1 aliphatic rings. The van der Waals surface area contributed by atoms with Crippen LogP contribution in [0.5, 0.6) is 5.75 Å². The summed E-state index contributed by atoms with van der Waals surface area (Å²) < 4.78 is 45.5. The number of carbonyl (C=O) groups excluding carboxylic acids is 1. The van der Waals surface area contributed by atoms with Gasteiger partial charge in [-0.25, -0.2) is 4.98 Å². The van der Waals surface area contributed by atoms with Crippen molar-refractivity contribution in [1.29, 1.82) is 0 Å². The minimum atomic E-state index is -4.68. The zero-order chi connectivity index (χ0) is 18.7. The van der Waals surface area contributed by atoms with Crippen molar-refractivity contribution in [3.05, 3.63) is 53.1 Å². The normalized spacial score (nSPS) is 15.4. The van der Waals surface area contributed by atoms with Gasteiger partial charge >= 0.3 is 6.18 Å². The van der Waals surface area contributed by atoms with Crippen LogP contribution in [0.4, 0.5) is 13.2 Å². The van der Waals surface area contributed by atoms with Crippen LogP contribution < -0.4 is 10.1 Å². The van der Waals surface area contributed by atoms with Crippen LogP contribution in [0.3, 0.4) is 0 Å². The first-order chi connectivity index (χ1) is 12.3. The highest BCUT2D eigenvalue weighted by Gasteiger charge is 2.42. The van der Waals surface area contributed by atoms with Crippen molar-refractivity contribution in [2.75, 3.05) is 6.61 Å².